The number of rotatable bonds is 5. The fourth-order valence-electron chi connectivity index (χ4n) is 3.53. The smallest absolute Gasteiger partial charge is 0.0667 e. The van der Waals surface area contributed by atoms with Crippen LogP contribution < -0.4 is 5.73 Å². The Labute approximate surface area is 126 Å². The van der Waals surface area contributed by atoms with Gasteiger partial charge in [0.1, 0.15) is 0 Å². The highest BCUT2D eigenvalue weighted by molar-refractivity contribution is 4.86. The molecule has 0 saturated heterocycles. The summed E-state index contributed by atoms with van der Waals surface area (Å²) < 4.78 is 6.57. The van der Waals surface area contributed by atoms with Crippen molar-refractivity contribution in [3.63, 3.8) is 0 Å². The normalized spacial score (nSPS) is 21.8. The molecule has 0 aromatic rings. The van der Waals surface area contributed by atoms with Crippen molar-refractivity contribution in [1.29, 1.82) is 0 Å². The Hall–Kier alpha value is -0.0800. The summed E-state index contributed by atoms with van der Waals surface area (Å²) in [5, 5.41) is 0. The van der Waals surface area contributed by atoms with E-state index in [1.165, 1.54) is 32.1 Å². The van der Waals surface area contributed by atoms with Gasteiger partial charge in [-0.25, -0.2) is 0 Å². The second kappa shape index (κ2) is 7.26. The molecule has 1 saturated carbocycles. The Morgan fingerprint density at radius 2 is 1.55 bits per heavy atom. The van der Waals surface area contributed by atoms with E-state index in [1.807, 2.05) is 0 Å². The van der Waals surface area contributed by atoms with Gasteiger partial charge in [-0.15, -0.1) is 0 Å². The van der Waals surface area contributed by atoms with Crippen molar-refractivity contribution in [1.82, 2.24) is 0 Å². The number of hydrogen-bond acceptors (Lipinski definition) is 2. The van der Waals surface area contributed by atoms with Gasteiger partial charge in [-0.05, 0) is 42.6 Å². The largest absolute Gasteiger partial charge is 0.374 e. The zero-order valence-corrected chi connectivity index (χ0v) is 14.7. The minimum atomic E-state index is 0.159. The van der Waals surface area contributed by atoms with Gasteiger partial charge in [-0.1, -0.05) is 60.8 Å². The molecule has 120 valence electrons. The molecule has 2 N–H and O–H groups in total. The molecule has 20 heavy (non-hydrogen) atoms. The van der Waals surface area contributed by atoms with Crippen LogP contribution in [0, 0.1) is 16.7 Å². The quantitative estimate of drug-likeness (QED) is 0.789. The Balaban J connectivity index is 2.75. The first-order chi connectivity index (χ1) is 9.13. The summed E-state index contributed by atoms with van der Waals surface area (Å²) in [4.78, 5) is 0. The SMILES string of the molecule is CC(C)(C)CC(CN)C(OC1CCCCC1)C(C)(C)C. The zero-order valence-electron chi connectivity index (χ0n) is 14.7. The summed E-state index contributed by atoms with van der Waals surface area (Å²) in [5.74, 6) is 0.455. The van der Waals surface area contributed by atoms with E-state index in [1.54, 1.807) is 0 Å². The maximum absolute atomic E-state index is 6.57. The minimum absolute atomic E-state index is 0.159. The summed E-state index contributed by atoms with van der Waals surface area (Å²) in [5.41, 5.74) is 6.57. The molecular formula is C18H37NO. The maximum Gasteiger partial charge on any atom is 0.0667 e. The highest BCUT2D eigenvalue weighted by Gasteiger charge is 2.36. The van der Waals surface area contributed by atoms with E-state index in [-0.39, 0.29) is 11.5 Å². The van der Waals surface area contributed by atoms with Crippen molar-refractivity contribution in [3.8, 4) is 0 Å². The predicted molar refractivity (Wildman–Crippen MR) is 87.8 cm³/mol. The van der Waals surface area contributed by atoms with Crippen LogP contribution in [0.15, 0.2) is 0 Å². The number of nitrogens with two attached hydrogens (primary N) is 1. The molecule has 2 nitrogen and oxygen atoms in total. The molecule has 0 aromatic carbocycles. The predicted octanol–water partition coefficient (Wildman–Crippen LogP) is 4.76. The Bertz CT molecular complexity index is 268. The molecule has 1 rings (SSSR count). The lowest BCUT2D eigenvalue weighted by molar-refractivity contribution is -0.111. The van der Waals surface area contributed by atoms with E-state index in [2.05, 4.69) is 41.5 Å². The monoisotopic (exact) mass is 283 g/mol. The van der Waals surface area contributed by atoms with Crippen molar-refractivity contribution in [2.24, 2.45) is 22.5 Å². The second-order valence-electron chi connectivity index (χ2n) is 8.94. The van der Waals surface area contributed by atoms with E-state index in [4.69, 9.17) is 10.5 Å². The van der Waals surface area contributed by atoms with Gasteiger partial charge in [0.15, 0.2) is 0 Å². The molecule has 0 aromatic heterocycles. The van der Waals surface area contributed by atoms with Crippen molar-refractivity contribution >= 4 is 0 Å². The first kappa shape index (κ1) is 18.0. The van der Waals surface area contributed by atoms with Crippen LogP contribution in [0.3, 0.4) is 0 Å². The van der Waals surface area contributed by atoms with E-state index >= 15 is 0 Å². The van der Waals surface area contributed by atoms with Gasteiger partial charge in [0.2, 0.25) is 0 Å². The van der Waals surface area contributed by atoms with Crippen LogP contribution in [0.1, 0.15) is 80.1 Å². The van der Waals surface area contributed by atoms with Crippen molar-refractivity contribution < 1.29 is 4.74 Å². The van der Waals surface area contributed by atoms with E-state index < -0.39 is 0 Å². The Kier molecular flexibility index (Phi) is 6.53. The highest BCUT2D eigenvalue weighted by Crippen LogP contribution is 2.37. The van der Waals surface area contributed by atoms with E-state index in [9.17, 15) is 0 Å². The van der Waals surface area contributed by atoms with Crippen molar-refractivity contribution in [2.45, 2.75) is 92.3 Å². The third kappa shape index (κ3) is 6.13. The van der Waals surface area contributed by atoms with Crippen LogP contribution in [0.4, 0.5) is 0 Å². The first-order valence-corrected chi connectivity index (χ1v) is 8.49. The summed E-state index contributed by atoms with van der Waals surface area (Å²) in [6, 6.07) is 0. The van der Waals surface area contributed by atoms with Crippen LogP contribution >= 0.6 is 0 Å². The first-order valence-electron chi connectivity index (χ1n) is 8.49. The van der Waals surface area contributed by atoms with Gasteiger partial charge in [0.05, 0.1) is 12.2 Å². The standard InChI is InChI=1S/C18H37NO/c1-17(2,3)12-14(13-19)16(18(4,5)6)20-15-10-8-7-9-11-15/h14-16H,7-13,19H2,1-6H3. The molecule has 0 heterocycles. The topological polar surface area (TPSA) is 35.2 Å². The van der Waals surface area contributed by atoms with Gasteiger partial charge in [-0.2, -0.15) is 0 Å². The Morgan fingerprint density at radius 3 is 1.95 bits per heavy atom. The average Bonchev–Trinajstić information content (AvgIpc) is 2.32. The third-order valence-electron chi connectivity index (χ3n) is 4.35. The molecule has 0 amide bonds. The van der Waals surface area contributed by atoms with E-state index in [0.29, 0.717) is 17.4 Å². The van der Waals surface area contributed by atoms with Gasteiger partial charge in [0.25, 0.3) is 0 Å². The van der Waals surface area contributed by atoms with Gasteiger partial charge in [-0.3, -0.25) is 0 Å². The van der Waals surface area contributed by atoms with Crippen molar-refractivity contribution in [2.75, 3.05) is 6.54 Å². The number of ether oxygens (including phenoxy) is 1. The van der Waals surface area contributed by atoms with Gasteiger partial charge >= 0.3 is 0 Å². The third-order valence-corrected chi connectivity index (χ3v) is 4.35. The molecule has 2 unspecified atom stereocenters. The van der Waals surface area contributed by atoms with Crippen LogP contribution in [0.2, 0.25) is 0 Å². The fourth-order valence-corrected chi connectivity index (χ4v) is 3.53. The summed E-state index contributed by atoms with van der Waals surface area (Å²) in [6.45, 7) is 14.5. The molecular weight excluding hydrogens is 246 g/mol. The van der Waals surface area contributed by atoms with Crippen LogP contribution in [-0.2, 0) is 4.74 Å². The second-order valence-corrected chi connectivity index (χ2v) is 8.94. The average molecular weight is 283 g/mol. The van der Waals surface area contributed by atoms with Crippen LogP contribution in [-0.4, -0.2) is 18.8 Å². The lowest BCUT2D eigenvalue weighted by Crippen LogP contribution is -2.44. The molecule has 0 spiro atoms. The Morgan fingerprint density at radius 1 is 1.00 bits per heavy atom. The van der Waals surface area contributed by atoms with Crippen LogP contribution in [0.5, 0.6) is 0 Å². The molecule has 0 aliphatic heterocycles. The summed E-state index contributed by atoms with van der Waals surface area (Å²) >= 11 is 0. The highest BCUT2D eigenvalue weighted by atomic mass is 16.5. The molecule has 2 heteroatoms. The maximum atomic E-state index is 6.57. The molecule has 1 aliphatic rings. The molecule has 0 bridgehead atoms. The van der Waals surface area contributed by atoms with Gasteiger partial charge in [0, 0.05) is 0 Å². The molecule has 0 radical (unpaired) electrons. The molecule has 2 atom stereocenters. The number of hydrogen-bond donors (Lipinski definition) is 1. The zero-order chi connectivity index (χ0) is 15.4. The van der Waals surface area contributed by atoms with Crippen molar-refractivity contribution in [3.05, 3.63) is 0 Å². The summed E-state index contributed by atoms with van der Waals surface area (Å²) in [6.07, 6.45) is 8.37. The lowest BCUT2D eigenvalue weighted by atomic mass is 9.74. The molecule has 1 aliphatic carbocycles. The minimum Gasteiger partial charge on any atom is -0.374 e. The summed E-state index contributed by atoms with van der Waals surface area (Å²) in [7, 11) is 0. The van der Waals surface area contributed by atoms with Gasteiger partial charge < -0.3 is 10.5 Å². The molecule has 1 fully saturated rings. The van der Waals surface area contributed by atoms with E-state index in [0.717, 1.165) is 13.0 Å². The fraction of sp³-hybridized carbons (Fsp3) is 1.00. The van der Waals surface area contributed by atoms with Crippen LogP contribution in [0.25, 0.3) is 0 Å². The lowest BCUT2D eigenvalue weighted by Gasteiger charge is -2.41.